The Labute approximate surface area is 136 Å². The average Bonchev–Trinajstić information content (AvgIpc) is 2.96. The van der Waals surface area contributed by atoms with Crippen LogP contribution in [-0.4, -0.2) is 9.99 Å². The molecule has 0 amide bonds. The monoisotopic (exact) mass is 318 g/mol. The molecule has 0 N–H and O–H groups in total. The zero-order valence-corrected chi connectivity index (χ0v) is 14.2. The third kappa shape index (κ3) is 5.20. The molecule has 1 aromatic carbocycles. The van der Waals surface area contributed by atoms with Crippen molar-refractivity contribution < 1.29 is 9.00 Å². The highest BCUT2D eigenvalue weighted by atomic mass is 32.2. The lowest BCUT2D eigenvalue weighted by molar-refractivity contribution is -0.117. The lowest BCUT2D eigenvalue weighted by atomic mass is 10.0. The Kier molecular flexibility index (Phi) is 7.04. The molecule has 3 heteroatoms. The van der Waals surface area contributed by atoms with Crippen LogP contribution in [0.4, 0.5) is 0 Å². The van der Waals surface area contributed by atoms with Gasteiger partial charge in [-0.2, -0.15) is 0 Å². The van der Waals surface area contributed by atoms with E-state index in [2.05, 4.69) is 13.0 Å². The summed E-state index contributed by atoms with van der Waals surface area (Å²) in [5, 5.41) is 0. The van der Waals surface area contributed by atoms with Gasteiger partial charge in [0.05, 0.1) is 10.8 Å². The second kappa shape index (κ2) is 9.04. The van der Waals surface area contributed by atoms with Gasteiger partial charge in [-0.1, -0.05) is 44.0 Å². The smallest absolute Gasteiger partial charge is 0.133 e. The van der Waals surface area contributed by atoms with Gasteiger partial charge >= 0.3 is 0 Å². The number of rotatable bonds is 8. The predicted octanol–water partition coefficient (Wildman–Crippen LogP) is 5.02. The summed E-state index contributed by atoms with van der Waals surface area (Å²) in [6, 6.07) is 9.69. The topological polar surface area (TPSA) is 34.1 Å². The van der Waals surface area contributed by atoms with E-state index in [4.69, 9.17) is 0 Å². The molecule has 1 saturated carbocycles. The molecule has 2 rings (SSSR count). The van der Waals surface area contributed by atoms with Gasteiger partial charge < -0.3 is 0 Å². The van der Waals surface area contributed by atoms with Crippen molar-refractivity contribution in [3.8, 4) is 0 Å². The van der Waals surface area contributed by atoms with E-state index in [1.807, 2.05) is 30.3 Å². The predicted molar refractivity (Wildman–Crippen MR) is 92.0 cm³/mol. The van der Waals surface area contributed by atoms with Crippen molar-refractivity contribution >= 4 is 16.6 Å². The fourth-order valence-corrected chi connectivity index (χ4v) is 4.19. The average molecular weight is 318 g/mol. The fraction of sp³-hybridized carbons (Fsp3) is 0.526. The molecule has 1 aliphatic carbocycles. The summed E-state index contributed by atoms with van der Waals surface area (Å²) in [5.41, 5.74) is 0. The number of hydrogen-bond donors (Lipinski definition) is 0. The van der Waals surface area contributed by atoms with Crippen molar-refractivity contribution in [3.63, 3.8) is 0 Å². The first kappa shape index (κ1) is 17.1. The van der Waals surface area contributed by atoms with Gasteiger partial charge in [0.1, 0.15) is 5.78 Å². The van der Waals surface area contributed by atoms with Crippen LogP contribution in [0.2, 0.25) is 0 Å². The third-order valence-electron chi connectivity index (χ3n) is 4.25. The highest BCUT2D eigenvalue weighted by molar-refractivity contribution is 7.89. The standard InChI is InChI=1S/C19H26O2S/c1-2-3-5-8-19(14-12-16-11-13-17(20)15-16)22(21)18-9-6-4-7-10-18/h4,6-7,9-10,14,16H,2-3,5,8,11-13,15H2,1H3/b19-14+. The van der Waals surface area contributed by atoms with Crippen LogP contribution in [0.25, 0.3) is 0 Å². The molecule has 22 heavy (non-hydrogen) atoms. The number of hydrogen-bond acceptors (Lipinski definition) is 2. The Hall–Kier alpha value is -1.22. The first-order chi connectivity index (χ1) is 10.7. The van der Waals surface area contributed by atoms with Crippen LogP contribution in [0.5, 0.6) is 0 Å². The zero-order valence-electron chi connectivity index (χ0n) is 13.4. The number of ketones is 1. The van der Waals surface area contributed by atoms with Gasteiger partial charge in [-0.25, -0.2) is 4.21 Å². The number of unbranched alkanes of at least 4 members (excludes halogenated alkanes) is 2. The van der Waals surface area contributed by atoms with E-state index in [9.17, 15) is 9.00 Å². The molecule has 1 fully saturated rings. The molecule has 120 valence electrons. The summed E-state index contributed by atoms with van der Waals surface area (Å²) in [4.78, 5) is 13.3. The third-order valence-corrected chi connectivity index (χ3v) is 5.80. The van der Waals surface area contributed by atoms with Crippen LogP contribution in [0.1, 0.15) is 58.3 Å². The molecule has 0 aromatic heterocycles. The van der Waals surface area contributed by atoms with E-state index >= 15 is 0 Å². The molecule has 0 saturated heterocycles. The highest BCUT2D eigenvalue weighted by Gasteiger charge is 2.21. The van der Waals surface area contributed by atoms with Crippen molar-refractivity contribution in [2.45, 2.75) is 63.2 Å². The second-order valence-electron chi connectivity index (χ2n) is 6.09. The SMILES string of the molecule is CCCCC/C(=C\CC1CCC(=O)C1)S(=O)c1ccccc1. The van der Waals surface area contributed by atoms with Crippen molar-refractivity contribution in [3.05, 3.63) is 41.3 Å². The fourth-order valence-electron chi connectivity index (χ4n) is 2.91. The lowest BCUT2D eigenvalue weighted by Gasteiger charge is -2.10. The van der Waals surface area contributed by atoms with Crippen LogP contribution in [0.15, 0.2) is 46.2 Å². The molecule has 2 nitrogen and oxygen atoms in total. The number of allylic oxidation sites excluding steroid dienone is 2. The van der Waals surface area contributed by atoms with Crippen LogP contribution in [0.3, 0.4) is 0 Å². The molecule has 0 spiro atoms. The number of benzene rings is 1. The zero-order chi connectivity index (χ0) is 15.8. The Morgan fingerprint density at radius 2 is 2.05 bits per heavy atom. The minimum Gasteiger partial charge on any atom is -0.300 e. The summed E-state index contributed by atoms with van der Waals surface area (Å²) < 4.78 is 12.8. The van der Waals surface area contributed by atoms with Gasteiger partial charge in [0, 0.05) is 22.6 Å². The molecule has 2 atom stereocenters. The molecule has 1 aliphatic rings. The van der Waals surface area contributed by atoms with Gasteiger partial charge in [-0.05, 0) is 43.7 Å². The summed E-state index contributed by atoms with van der Waals surface area (Å²) in [5.74, 6) is 0.844. The minimum atomic E-state index is -1.06. The van der Waals surface area contributed by atoms with E-state index < -0.39 is 10.8 Å². The lowest BCUT2D eigenvalue weighted by Crippen LogP contribution is -2.00. The molecular weight excluding hydrogens is 292 g/mol. The Balaban J connectivity index is 2.04. The molecule has 0 heterocycles. The highest BCUT2D eigenvalue weighted by Crippen LogP contribution is 2.28. The molecule has 0 radical (unpaired) electrons. The van der Waals surface area contributed by atoms with Crippen LogP contribution < -0.4 is 0 Å². The van der Waals surface area contributed by atoms with Crippen LogP contribution in [0, 0.1) is 5.92 Å². The number of Topliss-reactive ketones (excluding diaryl/α,β-unsaturated/α-hetero) is 1. The van der Waals surface area contributed by atoms with Crippen LogP contribution in [-0.2, 0) is 15.6 Å². The molecule has 1 aromatic rings. The summed E-state index contributed by atoms with van der Waals surface area (Å²) in [6.45, 7) is 2.18. The summed E-state index contributed by atoms with van der Waals surface area (Å²) in [6.07, 6.45) is 9.81. The first-order valence-electron chi connectivity index (χ1n) is 8.38. The normalized spacial score (nSPS) is 20.3. The van der Waals surface area contributed by atoms with Crippen molar-refractivity contribution in [1.29, 1.82) is 0 Å². The maximum absolute atomic E-state index is 12.8. The van der Waals surface area contributed by atoms with E-state index in [1.54, 1.807) is 0 Å². The van der Waals surface area contributed by atoms with E-state index in [0.717, 1.165) is 41.9 Å². The Morgan fingerprint density at radius 3 is 2.68 bits per heavy atom. The van der Waals surface area contributed by atoms with Crippen LogP contribution >= 0.6 is 0 Å². The van der Waals surface area contributed by atoms with Gasteiger partial charge in [-0.15, -0.1) is 0 Å². The molecule has 0 bridgehead atoms. The molecule has 2 unspecified atom stereocenters. The summed E-state index contributed by atoms with van der Waals surface area (Å²) in [7, 11) is -1.06. The van der Waals surface area contributed by atoms with Gasteiger partial charge in [0.25, 0.3) is 0 Å². The Morgan fingerprint density at radius 1 is 1.27 bits per heavy atom. The van der Waals surface area contributed by atoms with E-state index in [-0.39, 0.29) is 0 Å². The minimum absolute atomic E-state index is 0.384. The number of carbonyl (C=O) groups is 1. The van der Waals surface area contributed by atoms with Crippen molar-refractivity contribution in [2.75, 3.05) is 0 Å². The van der Waals surface area contributed by atoms with Gasteiger partial charge in [0.2, 0.25) is 0 Å². The molecular formula is C19H26O2S. The van der Waals surface area contributed by atoms with Gasteiger partial charge in [0.15, 0.2) is 0 Å². The van der Waals surface area contributed by atoms with Crippen molar-refractivity contribution in [1.82, 2.24) is 0 Å². The number of carbonyl (C=O) groups excluding carboxylic acids is 1. The van der Waals surface area contributed by atoms with E-state index in [1.165, 1.54) is 12.8 Å². The quantitative estimate of drug-likeness (QED) is 0.631. The largest absolute Gasteiger partial charge is 0.300 e. The second-order valence-corrected chi connectivity index (χ2v) is 7.63. The van der Waals surface area contributed by atoms with E-state index in [0.29, 0.717) is 18.1 Å². The Bertz CT molecular complexity index is 534. The maximum Gasteiger partial charge on any atom is 0.133 e. The molecule has 0 aliphatic heterocycles. The first-order valence-corrected chi connectivity index (χ1v) is 9.53. The summed E-state index contributed by atoms with van der Waals surface area (Å²) >= 11 is 0. The maximum atomic E-state index is 12.8. The van der Waals surface area contributed by atoms with Gasteiger partial charge in [-0.3, -0.25) is 4.79 Å². The van der Waals surface area contributed by atoms with Crippen molar-refractivity contribution in [2.24, 2.45) is 5.92 Å².